The average molecular weight is 360 g/mol. The molecule has 0 saturated carbocycles. The molecule has 0 radical (unpaired) electrons. The van der Waals surface area contributed by atoms with Crippen LogP contribution in [0.3, 0.4) is 0 Å². The lowest BCUT2D eigenvalue weighted by Gasteiger charge is -2.19. The number of hydrogen-bond acceptors (Lipinski definition) is 3. The number of aromatic nitrogens is 1. The van der Waals surface area contributed by atoms with Crippen LogP contribution in [-0.4, -0.2) is 10.9 Å². The number of rotatable bonds is 4. The second kappa shape index (κ2) is 7.62. The number of amides is 1. The van der Waals surface area contributed by atoms with Gasteiger partial charge >= 0.3 is 0 Å². The van der Waals surface area contributed by atoms with Gasteiger partial charge in [0.1, 0.15) is 5.75 Å². The fourth-order valence-corrected chi connectivity index (χ4v) is 2.68. The van der Waals surface area contributed by atoms with Crippen molar-refractivity contribution < 1.29 is 9.53 Å². The number of carbonyl (C=O) groups is 1. The molecule has 0 aliphatic carbocycles. The summed E-state index contributed by atoms with van der Waals surface area (Å²) in [5.41, 5.74) is 3.56. The number of pyridine rings is 1. The van der Waals surface area contributed by atoms with Gasteiger partial charge in [0, 0.05) is 11.6 Å². The summed E-state index contributed by atoms with van der Waals surface area (Å²) < 4.78 is 5.79. The molecule has 0 atom stereocenters. The number of nitrogens with one attached hydrogen (secondary N) is 1. The molecule has 3 rings (SSSR count). The second-order valence-electron chi connectivity index (χ2n) is 7.53. The molecule has 2 aromatic carbocycles. The number of ether oxygens (including phenoxy) is 1. The lowest BCUT2D eigenvalue weighted by Crippen LogP contribution is -2.13. The van der Waals surface area contributed by atoms with Crippen molar-refractivity contribution in [3.8, 4) is 11.6 Å². The van der Waals surface area contributed by atoms with Crippen LogP contribution in [0.2, 0.25) is 0 Å². The molecular formula is C23H24N2O2. The number of benzene rings is 2. The Balaban J connectivity index is 1.65. The maximum Gasteiger partial charge on any atom is 0.255 e. The number of carbonyl (C=O) groups excluding carboxylic acids is 1. The van der Waals surface area contributed by atoms with E-state index in [1.54, 1.807) is 24.4 Å². The topological polar surface area (TPSA) is 51.2 Å². The number of aryl methyl sites for hydroxylation is 1. The van der Waals surface area contributed by atoms with E-state index < -0.39 is 0 Å². The third kappa shape index (κ3) is 4.73. The summed E-state index contributed by atoms with van der Waals surface area (Å²) in [7, 11) is 0. The molecule has 3 aromatic rings. The minimum Gasteiger partial charge on any atom is -0.439 e. The van der Waals surface area contributed by atoms with E-state index in [1.807, 2.05) is 37.3 Å². The molecule has 1 amide bonds. The van der Waals surface area contributed by atoms with Gasteiger partial charge in [-0.1, -0.05) is 51.1 Å². The third-order valence-electron chi connectivity index (χ3n) is 4.33. The molecule has 1 heterocycles. The summed E-state index contributed by atoms with van der Waals surface area (Å²) in [5, 5.41) is 2.86. The van der Waals surface area contributed by atoms with Gasteiger partial charge in [0.2, 0.25) is 5.88 Å². The van der Waals surface area contributed by atoms with E-state index in [9.17, 15) is 4.79 Å². The standard InChI is InChI=1S/C23H24N2O2/c1-16-7-5-6-8-20(16)22(26)25-18-11-14-21(24-15-18)27-19-12-9-17(10-13-19)23(2,3)4/h5-15H,1-4H3,(H,25,26). The van der Waals surface area contributed by atoms with Crippen LogP contribution in [0, 0.1) is 6.92 Å². The van der Waals surface area contributed by atoms with Crippen LogP contribution in [0.15, 0.2) is 66.9 Å². The van der Waals surface area contributed by atoms with Crippen molar-refractivity contribution in [3.05, 3.63) is 83.6 Å². The monoisotopic (exact) mass is 360 g/mol. The molecule has 138 valence electrons. The molecule has 0 unspecified atom stereocenters. The number of hydrogen-bond donors (Lipinski definition) is 1. The Kier molecular flexibility index (Phi) is 5.26. The van der Waals surface area contributed by atoms with E-state index in [1.165, 1.54) is 5.56 Å². The second-order valence-corrected chi connectivity index (χ2v) is 7.53. The van der Waals surface area contributed by atoms with Crippen LogP contribution in [0.5, 0.6) is 11.6 Å². The van der Waals surface area contributed by atoms with Crippen molar-refractivity contribution in [1.82, 2.24) is 4.98 Å². The third-order valence-corrected chi connectivity index (χ3v) is 4.33. The first-order chi connectivity index (χ1) is 12.8. The van der Waals surface area contributed by atoms with E-state index in [-0.39, 0.29) is 11.3 Å². The van der Waals surface area contributed by atoms with Crippen LogP contribution >= 0.6 is 0 Å². The van der Waals surface area contributed by atoms with Gasteiger partial charge in [0.05, 0.1) is 11.9 Å². The SMILES string of the molecule is Cc1ccccc1C(=O)Nc1ccc(Oc2ccc(C(C)(C)C)cc2)nc1. The van der Waals surface area contributed by atoms with Gasteiger partial charge in [0.15, 0.2) is 0 Å². The highest BCUT2D eigenvalue weighted by atomic mass is 16.5. The summed E-state index contributed by atoms with van der Waals surface area (Å²) >= 11 is 0. The fraction of sp³-hybridized carbons (Fsp3) is 0.217. The van der Waals surface area contributed by atoms with Crippen LogP contribution in [0.1, 0.15) is 42.3 Å². The van der Waals surface area contributed by atoms with Crippen molar-refractivity contribution in [2.75, 3.05) is 5.32 Å². The Morgan fingerprint density at radius 2 is 1.67 bits per heavy atom. The predicted molar refractivity (Wildman–Crippen MR) is 109 cm³/mol. The summed E-state index contributed by atoms with van der Waals surface area (Å²) in [6, 6.07) is 19.0. The quantitative estimate of drug-likeness (QED) is 0.646. The van der Waals surface area contributed by atoms with E-state index in [0.717, 1.165) is 11.3 Å². The van der Waals surface area contributed by atoms with Gasteiger partial charge in [-0.25, -0.2) is 4.98 Å². The maximum atomic E-state index is 12.4. The van der Waals surface area contributed by atoms with E-state index in [4.69, 9.17) is 4.74 Å². The van der Waals surface area contributed by atoms with Gasteiger partial charge in [-0.15, -0.1) is 0 Å². The minimum atomic E-state index is -0.152. The van der Waals surface area contributed by atoms with E-state index in [2.05, 4.69) is 43.2 Å². The molecule has 0 bridgehead atoms. The predicted octanol–water partition coefficient (Wildman–Crippen LogP) is 5.73. The van der Waals surface area contributed by atoms with Gasteiger partial charge in [0.25, 0.3) is 5.91 Å². The first kappa shape index (κ1) is 18.6. The molecule has 27 heavy (non-hydrogen) atoms. The van der Waals surface area contributed by atoms with Crippen LogP contribution in [0.25, 0.3) is 0 Å². The van der Waals surface area contributed by atoms with Crippen LogP contribution in [-0.2, 0) is 5.41 Å². The van der Waals surface area contributed by atoms with Crippen molar-refractivity contribution in [2.24, 2.45) is 0 Å². The van der Waals surface area contributed by atoms with Crippen LogP contribution in [0.4, 0.5) is 5.69 Å². The maximum absolute atomic E-state index is 12.4. The molecule has 0 aliphatic rings. The van der Waals surface area contributed by atoms with Crippen molar-refractivity contribution in [3.63, 3.8) is 0 Å². The first-order valence-corrected chi connectivity index (χ1v) is 8.94. The normalized spacial score (nSPS) is 11.1. The zero-order valence-electron chi connectivity index (χ0n) is 16.1. The Bertz CT molecular complexity index is 924. The van der Waals surface area contributed by atoms with Crippen molar-refractivity contribution in [1.29, 1.82) is 0 Å². The highest BCUT2D eigenvalue weighted by Gasteiger charge is 2.13. The molecule has 1 aromatic heterocycles. The largest absolute Gasteiger partial charge is 0.439 e. The Morgan fingerprint density at radius 1 is 0.963 bits per heavy atom. The Labute approximate surface area is 160 Å². The zero-order chi connectivity index (χ0) is 19.4. The van der Waals surface area contributed by atoms with Crippen LogP contribution < -0.4 is 10.1 Å². The van der Waals surface area contributed by atoms with E-state index >= 15 is 0 Å². The summed E-state index contributed by atoms with van der Waals surface area (Å²) in [5.74, 6) is 1.06. The minimum absolute atomic E-state index is 0.105. The van der Waals surface area contributed by atoms with E-state index in [0.29, 0.717) is 17.1 Å². The van der Waals surface area contributed by atoms with Gasteiger partial charge in [-0.2, -0.15) is 0 Å². The smallest absolute Gasteiger partial charge is 0.255 e. The van der Waals surface area contributed by atoms with Gasteiger partial charge in [-0.05, 0) is 47.7 Å². The molecule has 0 fully saturated rings. The lowest BCUT2D eigenvalue weighted by atomic mass is 9.87. The van der Waals surface area contributed by atoms with Gasteiger partial charge in [-0.3, -0.25) is 4.79 Å². The average Bonchev–Trinajstić information content (AvgIpc) is 2.63. The number of anilines is 1. The zero-order valence-corrected chi connectivity index (χ0v) is 16.1. The van der Waals surface area contributed by atoms with Crippen molar-refractivity contribution in [2.45, 2.75) is 33.1 Å². The molecule has 0 saturated heterocycles. The molecule has 4 nitrogen and oxygen atoms in total. The highest BCUT2D eigenvalue weighted by Crippen LogP contribution is 2.26. The first-order valence-electron chi connectivity index (χ1n) is 8.94. The fourth-order valence-electron chi connectivity index (χ4n) is 2.68. The summed E-state index contributed by atoms with van der Waals surface area (Å²) in [6.07, 6.45) is 1.59. The Morgan fingerprint density at radius 3 is 2.26 bits per heavy atom. The molecule has 1 N–H and O–H groups in total. The molecule has 0 aliphatic heterocycles. The molecule has 4 heteroatoms. The van der Waals surface area contributed by atoms with Crippen molar-refractivity contribution >= 4 is 11.6 Å². The highest BCUT2D eigenvalue weighted by molar-refractivity contribution is 6.05. The number of nitrogens with zero attached hydrogens (tertiary/aromatic N) is 1. The summed E-state index contributed by atoms with van der Waals surface area (Å²) in [4.78, 5) is 16.6. The molecule has 0 spiro atoms. The summed E-state index contributed by atoms with van der Waals surface area (Å²) in [6.45, 7) is 8.44. The lowest BCUT2D eigenvalue weighted by molar-refractivity contribution is 0.102. The van der Waals surface area contributed by atoms with Gasteiger partial charge < -0.3 is 10.1 Å². The Hall–Kier alpha value is -3.14. The molecular weight excluding hydrogens is 336 g/mol.